The summed E-state index contributed by atoms with van der Waals surface area (Å²) < 4.78 is 82.4. The average Bonchev–Trinajstić information content (AvgIpc) is 2.74. The number of carbonyl (C=O) groups excluding carboxylic acids is 1. The monoisotopic (exact) mass is 590 g/mol. The molecule has 0 atom stereocenters. The number of amides is 2. The standard InChI is InChI=1S/C23H19Cl3F6N2O3/c1-21(2,10-33-20(36)37)34-19(35)13-5-3-11(7-15(13)23(30,31)32)4-6-14(22(27,28)29)12-8-16(24)18(26)17(25)9-12/h3,5-9,33H,4,10H2,1-2H3,(H,34,35)(H,36,37). The van der Waals surface area contributed by atoms with E-state index >= 15 is 0 Å². The van der Waals surface area contributed by atoms with Gasteiger partial charge in [0.1, 0.15) is 0 Å². The van der Waals surface area contributed by atoms with E-state index in [-0.39, 0.29) is 27.2 Å². The van der Waals surface area contributed by atoms with Crippen molar-refractivity contribution in [2.45, 2.75) is 38.2 Å². The van der Waals surface area contributed by atoms with Gasteiger partial charge in [0.05, 0.1) is 37.3 Å². The second kappa shape index (κ2) is 11.4. The van der Waals surface area contributed by atoms with Crippen LogP contribution in [0.3, 0.4) is 0 Å². The Kier molecular flexibility index (Phi) is 9.43. The van der Waals surface area contributed by atoms with E-state index < -0.39 is 58.6 Å². The van der Waals surface area contributed by atoms with E-state index in [2.05, 4.69) is 5.32 Å². The molecule has 0 aliphatic carbocycles. The zero-order chi connectivity index (χ0) is 28.3. The number of rotatable bonds is 7. The lowest BCUT2D eigenvalue weighted by Crippen LogP contribution is -2.51. The second-order valence-electron chi connectivity index (χ2n) is 8.45. The molecule has 0 aliphatic heterocycles. The molecule has 0 radical (unpaired) electrons. The van der Waals surface area contributed by atoms with Crippen LogP contribution in [0.5, 0.6) is 0 Å². The van der Waals surface area contributed by atoms with Crippen LogP contribution in [0.2, 0.25) is 15.1 Å². The van der Waals surface area contributed by atoms with Crippen molar-refractivity contribution < 1.29 is 41.0 Å². The molecule has 3 N–H and O–H groups in total. The highest BCUT2D eigenvalue weighted by atomic mass is 35.5. The fourth-order valence-corrected chi connectivity index (χ4v) is 3.79. The largest absolute Gasteiger partial charge is 0.465 e. The molecule has 2 rings (SSSR count). The molecule has 2 aromatic carbocycles. The van der Waals surface area contributed by atoms with Gasteiger partial charge in [0.25, 0.3) is 5.91 Å². The van der Waals surface area contributed by atoms with Gasteiger partial charge < -0.3 is 15.7 Å². The van der Waals surface area contributed by atoms with Gasteiger partial charge in [-0.15, -0.1) is 0 Å². The van der Waals surface area contributed by atoms with Crippen LogP contribution in [0.25, 0.3) is 5.57 Å². The SMILES string of the molecule is CC(C)(CNC(=O)O)NC(=O)c1ccc(CC=C(c2cc(Cl)c(Cl)c(Cl)c2)C(F)(F)F)cc1C(F)(F)F. The maximum absolute atomic E-state index is 13.7. The molecule has 0 spiro atoms. The normalized spacial score (nSPS) is 12.9. The van der Waals surface area contributed by atoms with Crippen molar-refractivity contribution in [3.8, 4) is 0 Å². The summed E-state index contributed by atoms with van der Waals surface area (Å²) in [5, 5.41) is 12.4. The van der Waals surface area contributed by atoms with Crippen molar-refractivity contribution in [2.24, 2.45) is 0 Å². The van der Waals surface area contributed by atoms with Crippen molar-refractivity contribution in [1.29, 1.82) is 0 Å². The first kappa shape index (κ1) is 30.6. The first-order valence-electron chi connectivity index (χ1n) is 10.2. The van der Waals surface area contributed by atoms with Crippen molar-refractivity contribution in [3.63, 3.8) is 0 Å². The number of hydrogen-bond donors (Lipinski definition) is 3. The third-order valence-corrected chi connectivity index (χ3v) is 6.11. The molecular formula is C23H19Cl3F6N2O3. The van der Waals surface area contributed by atoms with E-state index in [1.807, 2.05) is 5.32 Å². The molecule has 0 aromatic heterocycles. The van der Waals surface area contributed by atoms with Crippen LogP contribution in [0, 0.1) is 0 Å². The second-order valence-corrected chi connectivity index (χ2v) is 9.64. The summed E-state index contributed by atoms with van der Waals surface area (Å²) in [6.07, 6.45) is -11.2. The Bertz CT molecular complexity index is 1200. The van der Waals surface area contributed by atoms with Gasteiger partial charge in [0, 0.05) is 6.54 Å². The van der Waals surface area contributed by atoms with Crippen LogP contribution >= 0.6 is 34.8 Å². The summed E-state index contributed by atoms with van der Waals surface area (Å²) in [6, 6.07) is 4.36. The number of alkyl halides is 6. The van der Waals surface area contributed by atoms with Crippen LogP contribution in [0.1, 0.15) is 40.9 Å². The van der Waals surface area contributed by atoms with Crippen LogP contribution in [-0.2, 0) is 12.6 Å². The Labute approximate surface area is 222 Å². The highest BCUT2D eigenvalue weighted by molar-refractivity contribution is 6.48. The van der Waals surface area contributed by atoms with Gasteiger partial charge in [-0.25, -0.2) is 4.79 Å². The molecule has 5 nitrogen and oxygen atoms in total. The molecule has 2 aromatic rings. The molecule has 0 unspecified atom stereocenters. The molecule has 14 heteroatoms. The van der Waals surface area contributed by atoms with Gasteiger partial charge in [0.2, 0.25) is 0 Å². The van der Waals surface area contributed by atoms with E-state index in [0.717, 1.165) is 24.3 Å². The lowest BCUT2D eigenvalue weighted by Gasteiger charge is -2.26. The molecule has 0 saturated heterocycles. The number of carboxylic acid groups (broad SMARTS) is 1. The van der Waals surface area contributed by atoms with Gasteiger partial charge in [-0.05, 0) is 55.7 Å². The van der Waals surface area contributed by atoms with Crippen molar-refractivity contribution in [1.82, 2.24) is 10.6 Å². The Morgan fingerprint density at radius 3 is 2.03 bits per heavy atom. The number of allylic oxidation sites excluding steroid dienone is 2. The van der Waals surface area contributed by atoms with Crippen molar-refractivity contribution in [3.05, 3.63) is 73.7 Å². The zero-order valence-electron chi connectivity index (χ0n) is 19.0. The summed E-state index contributed by atoms with van der Waals surface area (Å²) >= 11 is 17.4. The van der Waals surface area contributed by atoms with Crippen molar-refractivity contribution >= 4 is 52.4 Å². The topological polar surface area (TPSA) is 78.4 Å². The Morgan fingerprint density at radius 1 is 0.973 bits per heavy atom. The van der Waals surface area contributed by atoms with E-state index in [0.29, 0.717) is 12.1 Å². The predicted octanol–water partition coefficient (Wildman–Crippen LogP) is 7.63. The molecule has 0 aliphatic rings. The highest BCUT2D eigenvalue weighted by Crippen LogP contribution is 2.40. The Hall–Kier alpha value is -2.63. The van der Waals surface area contributed by atoms with E-state index in [1.54, 1.807) is 0 Å². The number of carbonyl (C=O) groups is 2. The number of benzene rings is 2. The summed E-state index contributed by atoms with van der Waals surface area (Å²) in [6.45, 7) is 2.49. The van der Waals surface area contributed by atoms with E-state index in [9.17, 15) is 35.9 Å². The number of hydrogen-bond acceptors (Lipinski definition) is 2. The summed E-state index contributed by atoms with van der Waals surface area (Å²) in [5.74, 6) is -1.15. The third-order valence-electron chi connectivity index (χ3n) is 4.91. The minimum Gasteiger partial charge on any atom is -0.465 e. The fraction of sp³-hybridized carbons (Fsp3) is 0.304. The molecule has 0 heterocycles. The first-order valence-corrected chi connectivity index (χ1v) is 11.4. The molecule has 0 fully saturated rings. The summed E-state index contributed by atoms with van der Waals surface area (Å²) in [5.41, 5.74) is -5.20. The van der Waals surface area contributed by atoms with Gasteiger partial charge in [0.15, 0.2) is 0 Å². The lowest BCUT2D eigenvalue weighted by atomic mass is 9.97. The van der Waals surface area contributed by atoms with Gasteiger partial charge in [-0.3, -0.25) is 4.79 Å². The van der Waals surface area contributed by atoms with Gasteiger partial charge >= 0.3 is 18.4 Å². The zero-order valence-corrected chi connectivity index (χ0v) is 21.3. The molecule has 37 heavy (non-hydrogen) atoms. The van der Waals surface area contributed by atoms with Crippen molar-refractivity contribution in [2.75, 3.05) is 6.54 Å². The van der Waals surface area contributed by atoms with Crippen LogP contribution in [0.4, 0.5) is 31.1 Å². The molecule has 0 saturated carbocycles. The Balaban J connectivity index is 2.44. The van der Waals surface area contributed by atoms with Gasteiger partial charge in [-0.1, -0.05) is 46.9 Å². The fourth-order valence-electron chi connectivity index (χ4n) is 3.19. The van der Waals surface area contributed by atoms with E-state index in [1.165, 1.54) is 13.8 Å². The first-order chi connectivity index (χ1) is 16.8. The smallest absolute Gasteiger partial charge is 0.417 e. The minimum absolute atomic E-state index is 0.154. The summed E-state index contributed by atoms with van der Waals surface area (Å²) in [4.78, 5) is 23.2. The lowest BCUT2D eigenvalue weighted by molar-refractivity contribution is -0.138. The number of halogens is 9. The number of nitrogens with one attached hydrogen (secondary N) is 2. The summed E-state index contributed by atoms with van der Waals surface area (Å²) in [7, 11) is 0. The maximum atomic E-state index is 13.7. The predicted molar refractivity (Wildman–Crippen MR) is 128 cm³/mol. The minimum atomic E-state index is -5.01. The van der Waals surface area contributed by atoms with E-state index in [4.69, 9.17) is 39.9 Å². The van der Waals surface area contributed by atoms with Crippen LogP contribution in [0.15, 0.2) is 36.4 Å². The third kappa shape index (κ3) is 8.44. The molecule has 0 bridgehead atoms. The molecule has 2 amide bonds. The molecule has 202 valence electrons. The van der Waals surface area contributed by atoms with Gasteiger partial charge in [-0.2, -0.15) is 26.3 Å². The Morgan fingerprint density at radius 2 is 1.54 bits per heavy atom. The van der Waals surface area contributed by atoms with Crippen LogP contribution < -0.4 is 10.6 Å². The quantitative estimate of drug-likeness (QED) is 0.229. The average molecular weight is 592 g/mol. The molecular weight excluding hydrogens is 573 g/mol. The van der Waals surface area contributed by atoms with Crippen LogP contribution in [-0.4, -0.2) is 35.4 Å². The maximum Gasteiger partial charge on any atom is 0.417 e. The highest BCUT2D eigenvalue weighted by Gasteiger charge is 2.37.